The van der Waals surface area contributed by atoms with Gasteiger partial charge in [-0.2, -0.15) is 0 Å². The molecule has 0 amide bonds. The molecule has 0 spiro atoms. The van der Waals surface area contributed by atoms with E-state index in [1.54, 1.807) is 0 Å². The van der Waals surface area contributed by atoms with Crippen LogP contribution in [0.1, 0.15) is 60.8 Å². The smallest absolute Gasteiger partial charge is 0.0105 e. The fourth-order valence-electron chi connectivity index (χ4n) is 2.78. The van der Waals surface area contributed by atoms with Crippen molar-refractivity contribution < 1.29 is 0 Å². The van der Waals surface area contributed by atoms with Crippen LogP contribution in [0.4, 0.5) is 0 Å². The van der Waals surface area contributed by atoms with E-state index in [1.807, 2.05) is 0 Å². The Labute approximate surface area is 96.1 Å². The molecular weight excluding hydrogens is 182 g/mol. The van der Waals surface area contributed by atoms with Crippen molar-refractivity contribution >= 4 is 0 Å². The summed E-state index contributed by atoms with van der Waals surface area (Å²) in [7, 11) is 0. The summed E-state index contributed by atoms with van der Waals surface area (Å²) < 4.78 is 0. The highest BCUT2D eigenvalue weighted by Crippen LogP contribution is 2.43. The van der Waals surface area contributed by atoms with Crippen LogP contribution in [0.25, 0.3) is 0 Å². The first-order valence-electron chi connectivity index (χ1n) is 6.12. The topological polar surface area (TPSA) is 26.0 Å². The summed E-state index contributed by atoms with van der Waals surface area (Å²) >= 11 is 0. The van der Waals surface area contributed by atoms with Crippen molar-refractivity contribution in [3.63, 3.8) is 0 Å². The Morgan fingerprint density at radius 2 is 1.60 bits per heavy atom. The Kier molecular flexibility index (Phi) is 5.05. The number of hydrogen-bond donors (Lipinski definition) is 1. The van der Waals surface area contributed by atoms with Gasteiger partial charge >= 0.3 is 0 Å². The standard InChI is InChI=1S/C14H29N/c1-8-12(9-2)14(7,11(3)4)10-13(5,6)15/h12H,3,8-10,15H2,1-2,4-7H3/t14-/m1/s1. The summed E-state index contributed by atoms with van der Waals surface area (Å²) in [6.07, 6.45) is 3.42. The Hall–Kier alpha value is -0.300. The molecule has 0 saturated carbocycles. The zero-order chi connectivity index (χ0) is 12.3. The van der Waals surface area contributed by atoms with Crippen molar-refractivity contribution in [2.45, 2.75) is 66.3 Å². The first-order chi connectivity index (χ1) is 6.67. The predicted octanol–water partition coefficient (Wildman–Crippen LogP) is 4.13. The number of hydrogen-bond acceptors (Lipinski definition) is 1. The Bertz CT molecular complexity index is 208. The first kappa shape index (κ1) is 14.7. The molecule has 0 unspecified atom stereocenters. The Balaban J connectivity index is 4.97. The third kappa shape index (κ3) is 3.98. The average Bonchev–Trinajstić information content (AvgIpc) is 2.02. The molecular formula is C14H29N. The van der Waals surface area contributed by atoms with Crippen molar-refractivity contribution in [1.82, 2.24) is 0 Å². The van der Waals surface area contributed by atoms with Gasteiger partial charge in [-0.15, -0.1) is 0 Å². The Morgan fingerprint density at radius 3 is 1.80 bits per heavy atom. The van der Waals surface area contributed by atoms with Crippen LogP contribution in [0.15, 0.2) is 12.2 Å². The van der Waals surface area contributed by atoms with Gasteiger partial charge in [0.05, 0.1) is 0 Å². The molecule has 0 aromatic heterocycles. The quantitative estimate of drug-likeness (QED) is 0.657. The molecule has 0 radical (unpaired) electrons. The fraction of sp³-hybridized carbons (Fsp3) is 0.857. The van der Waals surface area contributed by atoms with Crippen molar-refractivity contribution in [3.05, 3.63) is 12.2 Å². The van der Waals surface area contributed by atoms with E-state index in [4.69, 9.17) is 5.73 Å². The second-order valence-corrected chi connectivity index (χ2v) is 5.88. The van der Waals surface area contributed by atoms with Crippen LogP contribution in [-0.2, 0) is 0 Å². The van der Waals surface area contributed by atoms with E-state index in [1.165, 1.54) is 18.4 Å². The lowest BCUT2D eigenvalue weighted by Crippen LogP contribution is -2.42. The van der Waals surface area contributed by atoms with E-state index in [0.29, 0.717) is 5.92 Å². The van der Waals surface area contributed by atoms with E-state index in [2.05, 4.69) is 48.1 Å². The van der Waals surface area contributed by atoms with E-state index in [9.17, 15) is 0 Å². The second-order valence-electron chi connectivity index (χ2n) is 5.88. The number of rotatable bonds is 6. The van der Waals surface area contributed by atoms with Crippen LogP contribution in [0.3, 0.4) is 0 Å². The first-order valence-corrected chi connectivity index (χ1v) is 6.12. The van der Waals surface area contributed by atoms with Crippen molar-refractivity contribution in [2.24, 2.45) is 17.1 Å². The van der Waals surface area contributed by atoms with Gasteiger partial charge in [-0.25, -0.2) is 0 Å². The van der Waals surface area contributed by atoms with Crippen LogP contribution < -0.4 is 5.73 Å². The summed E-state index contributed by atoms with van der Waals surface area (Å²) in [4.78, 5) is 0. The van der Waals surface area contributed by atoms with E-state index in [0.717, 1.165) is 6.42 Å². The zero-order valence-electron chi connectivity index (χ0n) is 11.5. The van der Waals surface area contributed by atoms with Crippen LogP contribution in [0.5, 0.6) is 0 Å². The van der Waals surface area contributed by atoms with Crippen molar-refractivity contribution in [2.75, 3.05) is 0 Å². The molecule has 1 atom stereocenters. The van der Waals surface area contributed by atoms with Crippen molar-refractivity contribution in [3.8, 4) is 0 Å². The van der Waals surface area contributed by atoms with Crippen LogP contribution in [-0.4, -0.2) is 5.54 Å². The van der Waals surface area contributed by atoms with Crippen molar-refractivity contribution in [1.29, 1.82) is 0 Å². The molecule has 0 aromatic carbocycles. The molecule has 0 heterocycles. The molecule has 0 aliphatic carbocycles. The van der Waals surface area contributed by atoms with Crippen LogP contribution >= 0.6 is 0 Å². The van der Waals surface area contributed by atoms with Gasteiger partial charge in [-0.3, -0.25) is 0 Å². The molecule has 1 heteroatoms. The highest BCUT2D eigenvalue weighted by Gasteiger charge is 2.36. The monoisotopic (exact) mass is 211 g/mol. The largest absolute Gasteiger partial charge is 0.326 e. The molecule has 0 aliphatic rings. The molecule has 0 saturated heterocycles. The molecule has 0 aromatic rings. The van der Waals surface area contributed by atoms with Gasteiger partial charge in [-0.05, 0) is 38.5 Å². The molecule has 2 N–H and O–H groups in total. The normalized spacial score (nSPS) is 16.5. The van der Waals surface area contributed by atoms with Gasteiger partial charge in [0.1, 0.15) is 0 Å². The van der Waals surface area contributed by atoms with E-state index < -0.39 is 0 Å². The number of allylic oxidation sites excluding steroid dienone is 1. The molecule has 1 nitrogen and oxygen atoms in total. The SMILES string of the molecule is C=C(C)[C@@](C)(CC(C)(C)N)C(CC)CC. The van der Waals surface area contributed by atoms with Gasteiger partial charge in [0, 0.05) is 5.54 Å². The summed E-state index contributed by atoms with van der Waals surface area (Å²) in [5.41, 5.74) is 7.51. The number of nitrogens with two attached hydrogens (primary N) is 1. The van der Waals surface area contributed by atoms with E-state index in [-0.39, 0.29) is 11.0 Å². The van der Waals surface area contributed by atoms with Crippen LogP contribution in [0.2, 0.25) is 0 Å². The lowest BCUT2D eigenvalue weighted by atomic mass is 9.64. The second kappa shape index (κ2) is 5.16. The highest BCUT2D eigenvalue weighted by atomic mass is 14.7. The summed E-state index contributed by atoms with van der Waals surface area (Å²) in [5, 5.41) is 0. The lowest BCUT2D eigenvalue weighted by molar-refractivity contribution is 0.168. The maximum atomic E-state index is 6.17. The van der Waals surface area contributed by atoms with Gasteiger partial charge in [0.15, 0.2) is 0 Å². The third-order valence-corrected chi connectivity index (χ3v) is 3.68. The minimum atomic E-state index is -0.115. The summed E-state index contributed by atoms with van der Waals surface area (Å²) in [6, 6.07) is 0. The van der Waals surface area contributed by atoms with Crippen LogP contribution in [0, 0.1) is 11.3 Å². The van der Waals surface area contributed by atoms with E-state index >= 15 is 0 Å². The highest BCUT2D eigenvalue weighted by molar-refractivity contribution is 5.10. The maximum Gasteiger partial charge on any atom is 0.0105 e. The van der Waals surface area contributed by atoms with Gasteiger partial charge in [-0.1, -0.05) is 45.8 Å². The van der Waals surface area contributed by atoms with Gasteiger partial charge in [0.25, 0.3) is 0 Å². The summed E-state index contributed by atoms with van der Waals surface area (Å²) in [6.45, 7) is 17.4. The van der Waals surface area contributed by atoms with Gasteiger partial charge < -0.3 is 5.73 Å². The zero-order valence-corrected chi connectivity index (χ0v) is 11.5. The molecule has 0 bridgehead atoms. The minimum absolute atomic E-state index is 0.115. The predicted molar refractivity (Wildman–Crippen MR) is 69.9 cm³/mol. The maximum absolute atomic E-state index is 6.17. The third-order valence-electron chi connectivity index (χ3n) is 3.68. The molecule has 15 heavy (non-hydrogen) atoms. The minimum Gasteiger partial charge on any atom is -0.326 e. The van der Waals surface area contributed by atoms with Gasteiger partial charge in [0.2, 0.25) is 0 Å². The Morgan fingerprint density at radius 1 is 1.20 bits per heavy atom. The molecule has 0 aliphatic heterocycles. The molecule has 0 rings (SSSR count). The fourth-order valence-corrected chi connectivity index (χ4v) is 2.78. The lowest BCUT2D eigenvalue weighted by Gasteiger charge is -2.42. The molecule has 0 fully saturated rings. The average molecular weight is 211 g/mol. The summed E-state index contributed by atoms with van der Waals surface area (Å²) in [5.74, 6) is 0.692. The molecule has 90 valence electrons.